The van der Waals surface area contributed by atoms with E-state index in [2.05, 4.69) is 35.6 Å². The number of thioether (sulfide) groups is 1. The van der Waals surface area contributed by atoms with Crippen molar-refractivity contribution in [2.45, 2.75) is 39.0 Å². The summed E-state index contributed by atoms with van der Waals surface area (Å²) in [5, 5.41) is 5.22. The molecule has 2 heterocycles. The lowest BCUT2D eigenvalue weighted by Crippen LogP contribution is -2.39. The summed E-state index contributed by atoms with van der Waals surface area (Å²) >= 11 is 2.08. The van der Waals surface area contributed by atoms with Crippen LogP contribution in [0.5, 0.6) is 0 Å². The van der Waals surface area contributed by atoms with Gasteiger partial charge < -0.3 is 10.6 Å². The van der Waals surface area contributed by atoms with Gasteiger partial charge in [0.2, 0.25) is 0 Å². The van der Waals surface area contributed by atoms with Crippen molar-refractivity contribution in [2.75, 3.05) is 29.5 Å². The highest BCUT2D eigenvalue weighted by Gasteiger charge is 2.24. The van der Waals surface area contributed by atoms with Crippen LogP contribution in [0, 0.1) is 6.92 Å². The summed E-state index contributed by atoms with van der Waals surface area (Å²) in [5.41, 5.74) is 7.97. The van der Waals surface area contributed by atoms with E-state index in [1.165, 1.54) is 12.2 Å². The molecular formula is C12H22N4S. The topological polar surface area (TPSA) is 47.1 Å². The minimum atomic E-state index is 0.726. The maximum atomic E-state index is 6.16. The Bertz CT molecular complexity index is 388. The lowest BCUT2D eigenvalue weighted by atomic mass is 10.2. The number of hydrogen-bond acceptors (Lipinski definition) is 4. The predicted octanol–water partition coefficient (Wildman–Crippen LogP) is 2.13. The van der Waals surface area contributed by atoms with E-state index in [0.29, 0.717) is 0 Å². The molecule has 1 aromatic rings. The van der Waals surface area contributed by atoms with Crippen LogP contribution in [-0.2, 0) is 6.54 Å². The monoisotopic (exact) mass is 254 g/mol. The Morgan fingerprint density at radius 1 is 1.47 bits per heavy atom. The van der Waals surface area contributed by atoms with Gasteiger partial charge in [-0.05, 0) is 20.3 Å². The molecule has 1 aliphatic rings. The zero-order valence-corrected chi connectivity index (χ0v) is 11.8. The van der Waals surface area contributed by atoms with Crippen LogP contribution in [0.4, 0.5) is 11.5 Å². The number of aromatic nitrogens is 2. The minimum absolute atomic E-state index is 0.726. The molecule has 96 valence electrons. The van der Waals surface area contributed by atoms with Crippen LogP contribution in [0.3, 0.4) is 0 Å². The quantitative estimate of drug-likeness (QED) is 0.897. The zero-order chi connectivity index (χ0) is 12.4. The zero-order valence-electron chi connectivity index (χ0n) is 10.9. The highest BCUT2D eigenvalue weighted by molar-refractivity contribution is 8.00. The van der Waals surface area contributed by atoms with E-state index >= 15 is 0 Å². The largest absolute Gasteiger partial charge is 0.394 e. The standard InChI is InChI=1S/C12H22N4S/c1-4-10-8-15(6-7-17-10)12-11(13)9(3)14-16(12)5-2/h10H,4-8,13H2,1-3H3. The van der Waals surface area contributed by atoms with Crippen LogP contribution in [0.2, 0.25) is 0 Å². The first-order valence-electron chi connectivity index (χ1n) is 6.36. The van der Waals surface area contributed by atoms with Crippen molar-refractivity contribution < 1.29 is 0 Å². The summed E-state index contributed by atoms with van der Waals surface area (Å²) in [6, 6.07) is 0. The summed E-state index contributed by atoms with van der Waals surface area (Å²) in [4.78, 5) is 2.41. The molecule has 1 aromatic heterocycles. The van der Waals surface area contributed by atoms with Crippen molar-refractivity contribution in [1.29, 1.82) is 0 Å². The fourth-order valence-corrected chi connectivity index (χ4v) is 3.48. The molecule has 1 aliphatic heterocycles. The maximum absolute atomic E-state index is 6.16. The average molecular weight is 254 g/mol. The van der Waals surface area contributed by atoms with Crippen molar-refractivity contribution in [3.63, 3.8) is 0 Å². The summed E-state index contributed by atoms with van der Waals surface area (Å²) in [7, 11) is 0. The van der Waals surface area contributed by atoms with Gasteiger partial charge in [0.05, 0.1) is 11.4 Å². The highest BCUT2D eigenvalue weighted by atomic mass is 32.2. The second-order valence-corrected chi connectivity index (χ2v) is 5.89. The van der Waals surface area contributed by atoms with E-state index in [1.807, 2.05) is 11.6 Å². The molecule has 0 amide bonds. The van der Waals surface area contributed by atoms with Crippen LogP contribution >= 0.6 is 11.8 Å². The lowest BCUT2D eigenvalue weighted by molar-refractivity contribution is 0.621. The molecule has 1 unspecified atom stereocenters. The van der Waals surface area contributed by atoms with Gasteiger partial charge in [-0.2, -0.15) is 16.9 Å². The third-order valence-corrected chi connectivity index (χ3v) is 4.71. The summed E-state index contributed by atoms with van der Waals surface area (Å²) in [5.74, 6) is 2.31. The van der Waals surface area contributed by atoms with Crippen molar-refractivity contribution in [3.05, 3.63) is 5.69 Å². The van der Waals surface area contributed by atoms with Gasteiger partial charge in [0, 0.05) is 30.6 Å². The van der Waals surface area contributed by atoms with Gasteiger partial charge in [-0.25, -0.2) is 4.68 Å². The molecule has 1 fully saturated rings. The first-order chi connectivity index (χ1) is 8.17. The van der Waals surface area contributed by atoms with Crippen LogP contribution < -0.4 is 10.6 Å². The van der Waals surface area contributed by atoms with E-state index in [4.69, 9.17) is 5.73 Å². The summed E-state index contributed by atoms with van der Waals surface area (Å²) in [6.45, 7) is 9.42. The van der Waals surface area contributed by atoms with E-state index < -0.39 is 0 Å². The molecule has 0 spiro atoms. The third kappa shape index (κ3) is 2.39. The van der Waals surface area contributed by atoms with E-state index in [1.54, 1.807) is 0 Å². The number of aryl methyl sites for hydroxylation is 2. The van der Waals surface area contributed by atoms with Crippen molar-refractivity contribution in [1.82, 2.24) is 9.78 Å². The predicted molar refractivity (Wildman–Crippen MR) is 75.8 cm³/mol. The Labute approximate surface area is 108 Å². The van der Waals surface area contributed by atoms with Gasteiger partial charge >= 0.3 is 0 Å². The Kier molecular flexibility index (Phi) is 3.86. The van der Waals surface area contributed by atoms with Crippen molar-refractivity contribution >= 4 is 23.3 Å². The molecule has 2 rings (SSSR count). The van der Waals surface area contributed by atoms with Gasteiger partial charge in [-0.3, -0.25) is 0 Å². The Balaban J connectivity index is 2.26. The second kappa shape index (κ2) is 5.21. The first-order valence-corrected chi connectivity index (χ1v) is 7.41. The fourth-order valence-electron chi connectivity index (χ4n) is 2.30. The average Bonchev–Trinajstić information content (AvgIpc) is 2.65. The summed E-state index contributed by atoms with van der Waals surface area (Å²) < 4.78 is 2.04. The van der Waals surface area contributed by atoms with Gasteiger partial charge in [-0.15, -0.1) is 0 Å². The van der Waals surface area contributed by atoms with Crippen LogP contribution in [0.15, 0.2) is 0 Å². The Morgan fingerprint density at radius 3 is 2.88 bits per heavy atom. The number of hydrogen-bond donors (Lipinski definition) is 1. The number of nitrogen functional groups attached to an aromatic ring is 1. The van der Waals surface area contributed by atoms with Crippen molar-refractivity contribution in [3.8, 4) is 0 Å². The third-order valence-electron chi connectivity index (χ3n) is 3.34. The molecule has 0 saturated carbocycles. The molecule has 2 N–H and O–H groups in total. The van der Waals surface area contributed by atoms with Crippen molar-refractivity contribution in [2.24, 2.45) is 0 Å². The van der Waals surface area contributed by atoms with E-state index in [-0.39, 0.29) is 0 Å². The first kappa shape index (κ1) is 12.6. The van der Waals surface area contributed by atoms with Crippen LogP contribution in [0.25, 0.3) is 0 Å². The van der Waals surface area contributed by atoms with E-state index in [9.17, 15) is 0 Å². The molecule has 0 radical (unpaired) electrons. The molecule has 1 atom stereocenters. The van der Waals surface area contributed by atoms with Gasteiger partial charge in [-0.1, -0.05) is 6.92 Å². The van der Waals surface area contributed by atoms with E-state index in [0.717, 1.165) is 42.1 Å². The molecule has 0 aliphatic carbocycles. The SMILES string of the molecule is CCC1CN(c2c(N)c(C)nn2CC)CCS1. The Morgan fingerprint density at radius 2 is 2.24 bits per heavy atom. The fraction of sp³-hybridized carbons (Fsp3) is 0.750. The second-order valence-electron chi connectivity index (χ2n) is 4.49. The minimum Gasteiger partial charge on any atom is -0.394 e. The van der Waals surface area contributed by atoms with Crippen LogP contribution in [0.1, 0.15) is 26.0 Å². The molecule has 0 aromatic carbocycles. The lowest BCUT2D eigenvalue weighted by Gasteiger charge is -2.33. The maximum Gasteiger partial charge on any atom is 0.150 e. The molecular weight excluding hydrogens is 232 g/mol. The Hall–Kier alpha value is -0.840. The van der Waals surface area contributed by atoms with Crippen LogP contribution in [-0.4, -0.2) is 33.9 Å². The number of rotatable bonds is 3. The number of nitrogens with zero attached hydrogens (tertiary/aromatic N) is 3. The normalized spacial score (nSPS) is 20.9. The molecule has 4 nitrogen and oxygen atoms in total. The smallest absolute Gasteiger partial charge is 0.150 e. The van der Waals surface area contributed by atoms with Gasteiger partial charge in [0.1, 0.15) is 0 Å². The molecule has 5 heteroatoms. The highest BCUT2D eigenvalue weighted by Crippen LogP contribution is 2.31. The van der Waals surface area contributed by atoms with Gasteiger partial charge in [0.15, 0.2) is 5.82 Å². The molecule has 17 heavy (non-hydrogen) atoms. The summed E-state index contributed by atoms with van der Waals surface area (Å²) in [6.07, 6.45) is 1.22. The van der Waals surface area contributed by atoms with Gasteiger partial charge in [0.25, 0.3) is 0 Å². The number of nitrogens with two attached hydrogens (primary N) is 1. The molecule has 1 saturated heterocycles. The molecule has 0 bridgehead atoms. The number of anilines is 2.